The van der Waals surface area contributed by atoms with Crippen molar-refractivity contribution in [3.05, 3.63) is 0 Å². The summed E-state index contributed by atoms with van der Waals surface area (Å²) in [6, 6.07) is 0. The number of carbonyl (C=O) groups excluding carboxylic acids is 1. The van der Waals surface area contributed by atoms with Gasteiger partial charge in [-0.15, -0.1) is 0 Å². The second-order valence-electron chi connectivity index (χ2n) is 3.47. The SMILES string of the molecule is CCC(CC)(CN)NC(=O)CSC(F)(F)F. The van der Waals surface area contributed by atoms with Crippen LogP contribution < -0.4 is 11.1 Å². The van der Waals surface area contributed by atoms with Crippen LogP contribution in [0.25, 0.3) is 0 Å². The molecule has 0 aromatic rings. The first kappa shape index (κ1) is 15.6. The van der Waals surface area contributed by atoms with Crippen LogP contribution in [0.2, 0.25) is 0 Å². The molecule has 0 saturated heterocycles. The van der Waals surface area contributed by atoms with Crippen molar-refractivity contribution < 1.29 is 18.0 Å². The highest BCUT2D eigenvalue weighted by Gasteiger charge is 2.31. The molecule has 3 N–H and O–H groups in total. The minimum Gasteiger partial charge on any atom is -0.349 e. The van der Waals surface area contributed by atoms with Crippen molar-refractivity contribution in [3.63, 3.8) is 0 Å². The Morgan fingerprint density at radius 2 is 1.81 bits per heavy atom. The van der Waals surface area contributed by atoms with Gasteiger partial charge in [0.05, 0.1) is 11.3 Å². The lowest BCUT2D eigenvalue weighted by Gasteiger charge is -2.31. The Kier molecular flexibility index (Phi) is 6.17. The van der Waals surface area contributed by atoms with Crippen molar-refractivity contribution in [2.24, 2.45) is 5.73 Å². The molecule has 0 unspecified atom stereocenters. The topological polar surface area (TPSA) is 55.1 Å². The van der Waals surface area contributed by atoms with Crippen LogP contribution in [0.5, 0.6) is 0 Å². The molecule has 0 bridgehead atoms. The molecule has 0 aliphatic heterocycles. The van der Waals surface area contributed by atoms with E-state index in [2.05, 4.69) is 5.32 Å². The molecule has 96 valence electrons. The van der Waals surface area contributed by atoms with Crippen molar-refractivity contribution in [2.75, 3.05) is 12.3 Å². The lowest BCUT2D eigenvalue weighted by molar-refractivity contribution is -0.120. The summed E-state index contributed by atoms with van der Waals surface area (Å²) in [5, 5.41) is 2.57. The molecule has 0 fully saturated rings. The molecule has 0 radical (unpaired) electrons. The van der Waals surface area contributed by atoms with Gasteiger partial charge in [-0.25, -0.2) is 0 Å². The number of rotatable bonds is 6. The Morgan fingerprint density at radius 3 is 2.12 bits per heavy atom. The van der Waals surface area contributed by atoms with E-state index >= 15 is 0 Å². The van der Waals surface area contributed by atoms with E-state index in [1.807, 2.05) is 13.8 Å². The largest absolute Gasteiger partial charge is 0.442 e. The molecule has 0 rings (SSSR count). The first-order valence-electron chi connectivity index (χ1n) is 5.00. The second-order valence-corrected chi connectivity index (χ2v) is 4.51. The Bertz CT molecular complexity index is 221. The first-order chi connectivity index (χ1) is 7.28. The third kappa shape index (κ3) is 5.60. The van der Waals surface area contributed by atoms with Gasteiger partial charge in [-0.3, -0.25) is 4.79 Å². The van der Waals surface area contributed by atoms with Crippen LogP contribution in [-0.4, -0.2) is 29.3 Å². The van der Waals surface area contributed by atoms with E-state index in [4.69, 9.17) is 5.73 Å². The van der Waals surface area contributed by atoms with Gasteiger partial charge >= 0.3 is 5.51 Å². The van der Waals surface area contributed by atoms with Gasteiger partial charge in [0.15, 0.2) is 0 Å². The van der Waals surface area contributed by atoms with Crippen LogP contribution in [0.1, 0.15) is 26.7 Å². The molecule has 7 heteroatoms. The van der Waals surface area contributed by atoms with Gasteiger partial charge in [-0.05, 0) is 24.6 Å². The fraction of sp³-hybridized carbons (Fsp3) is 0.889. The quantitative estimate of drug-likeness (QED) is 0.764. The number of amides is 1. The number of nitrogens with one attached hydrogen (secondary N) is 1. The summed E-state index contributed by atoms with van der Waals surface area (Å²) in [4.78, 5) is 11.3. The molecular weight excluding hydrogens is 241 g/mol. The number of nitrogens with two attached hydrogens (primary N) is 1. The molecule has 0 aliphatic rings. The fourth-order valence-electron chi connectivity index (χ4n) is 1.25. The maximum Gasteiger partial charge on any atom is 0.442 e. The summed E-state index contributed by atoms with van der Waals surface area (Å²) in [6.07, 6.45) is 1.20. The van der Waals surface area contributed by atoms with Gasteiger partial charge < -0.3 is 11.1 Å². The van der Waals surface area contributed by atoms with Gasteiger partial charge in [0, 0.05) is 6.54 Å². The molecule has 0 saturated carbocycles. The average Bonchev–Trinajstić information content (AvgIpc) is 2.22. The summed E-state index contributed by atoms with van der Waals surface area (Å²) < 4.78 is 35.6. The molecule has 0 aliphatic carbocycles. The predicted molar refractivity (Wildman–Crippen MR) is 59.0 cm³/mol. The van der Waals surface area contributed by atoms with E-state index in [0.29, 0.717) is 12.8 Å². The monoisotopic (exact) mass is 258 g/mol. The van der Waals surface area contributed by atoms with Crippen LogP contribution in [-0.2, 0) is 4.79 Å². The summed E-state index contributed by atoms with van der Waals surface area (Å²) in [6.45, 7) is 3.91. The maximum atomic E-state index is 11.9. The third-order valence-corrected chi connectivity index (χ3v) is 3.25. The minimum atomic E-state index is -4.37. The normalized spacial score (nSPS) is 12.6. The summed E-state index contributed by atoms with van der Waals surface area (Å²) >= 11 is -0.339. The van der Waals surface area contributed by atoms with Gasteiger partial charge in [0.2, 0.25) is 5.91 Å². The second kappa shape index (κ2) is 6.34. The smallest absolute Gasteiger partial charge is 0.349 e. The lowest BCUT2D eigenvalue weighted by atomic mass is 9.93. The standard InChI is InChI=1S/C9H17F3N2OS/c1-3-8(4-2,6-13)14-7(15)5-16-9(10,11)12/h3-6,13H2,1-2H3,(H,14,15). The molecule has 1 amide bonds. The average molecular weight is 258 g/mol. The van der Waals surface area contributed by atoms with Crippen LogP contribution >= 0.6 is 11.8 Å². The highest BCUT2D eigenvalue weighted by atomic mass is 32.2. The molecule has 0 aromatic carbocycles. The number of hydrogen-bond acceptors (Lipinski definition) is 3. The molecule has 16 heavy (non-hydrogen) atoms. The van der Waals surface area contributed by atoms with Crippen molar-refractivity contribution in [3.8, 4) is 0 Å². The highest BCUT2D eigenvalue weighted by Crippen LogP contribution is 2.29. The summed E-state index contributed by atoms with van der Waals surface area (Å²) in [5.74, 6) is -1.25. The van der Waals surface area contributed by atoms with Crippen molar-refractivity contribution >= 4 is 17.7 Å². The van der Waals surface area contributed by atoms with E-state index < -0.39 is 22.7 Å². The fourth-order valence-corrected chi connectivity index (χ4v) is 1.61. The van der Waals surface area contributed by atoms with Gasteiger partial charge in [-0.1, -0.05) is 13.8 Å². The number of alkyl halides is 3. The zero-order valence-electron chi connectivity index (χ0n) is 9.36. The van der Waals surface area contributed by atoms with E-state index in [1.54, 1.807) is 0 Å². The van der Waals surface area contributed by atoms with Crippen molar-refractivity contribution in [2.45, 2.75) is 37.7 Å². The molecule has 0 atom stereocenters. The van der Waals surface area contributed by atoms with Gasteiger partial charge in [-0.2, -0.15) is 13.2 Å². The third-order valence-electron chi connectivity index (χ3n) is 2.52. The van der Waals surface area contributed by atoms with E-state index in [9.17, 15) is 18.0 Å². The van der Waals surface area contributed by atoms with Crippen LogP contribution in [0.4, 0.5) is 13.2 Å². The Morgan fingerprint density at radius 1 is 1.31 bits per heavy atom. The number of carbonyl (C=O) groups is 1. The van der Waals surface area contributed by atoms with Crippen LogP contribution in [0, 0.1) is 0 Å². The van der Waals surface area contributed by atoms with Crippen LogP contribution in [0.3, 0.4) is 0 Å². The number of hydrogen-bond donors (Lipinski definition) is 2. The Labute approximate surface area is 97.3 Å². The van der Waals surface area contributed by atoms with Crippen molar-refractivity contribution in [1.29, 1.82) is 0 Å². The molecule has 0 aromatic heterocycles. The zero-order valence-corrected chi connectivity index (χ0v) is 10.2. The molecular formula is C9H17F3N2OS. The van der Waals surface area contributed by atoms with Gasteiger partial charge in [0.1, 0.15) is 0 Å². The Balaban J connectivity index is 4.21. The maximum absolute atomic E-state index is 11.9. The molecule has 0 heterocycles. The summed E-state index contributed by atoms with van der Waals surface area (Å²) in [7, 11) is 0. The zero-order chi connectivity index (χ0) is 12.8. The molecule has 3 nitrogen and oxygen atoms in total. The minimum absolute atomic E-state index is 0.225. The van der Waals surface area contributed by atoms with Crippen molar-refractivity contribution in [1.82, 2.24) is 5.32 Å². The summed E-state index contributed by atoms with van der Waals surface area (Å²) in [5.41, 5.74) is 0.561. The van der Waals surface area contributed by atoms with E-state index in [-0.39, 0.29) is 18.3 Å². The Hall–Kier alpha value is -0.430. The first-order valence-corrected chi connectivity index (χ1v) is 5.99. The molecule has 0 spiro atoms. The van der Waals surface area contributed by atoms with E-state index in [0.717, 1.165) is 0 Å². The number of thioether (sulfide) groups is 1. The predicted octanol–water partition coefficient (Wildman–Crippen LogP) is 1.87. The highest BCUT2D eigenvalue weighted by molar-refractivity contribution is 8.00. The number of halogens is 3. The lowest BCUT2D eigenvalue weighted by Crippen LogP contribution is -2.53. The van der Waals surface area contributed by atoms with E-state index in [1.165, 1.54) is 0 Å². The van der Waals surface area contributed by atoms with Gasteiger partial charge in [0.25, 0.3) is 0 Å². The van der Waals surface area contributed by atoms with Crippen LogP contribution in [0.15, 0.2) is 0 Å².